The number of rotatable bonds is 2. The molecule has 1 spiro atoms. The van der Waals surface area contributed by atoms with Crippen molar-refractivity contribution in [2.24, 2.45) is 28.1 Å². The Balaban J connectivity index is 1.52. The summed E-state index contributed by atoms with van der Waals surface area (Å²) in [5.74, 6) is -3.62. The summed E-state index contributed by atoms with van der Waals surface area (Å²) in [6, 6.07) is 0. The zero-order chi connectivity index (χ0) is 28.5. The van der Waals surface area contributed by atoms with Crippen molar-refractivity contribution in [1.29, 1.82) is 0 Å². The van der Waals surface area contributed by atoms with E-state index in [9.17, 15) is 29.1 Å². The van der Waals surface area contributed by atoms with Crippen LogP contribution in [-0.4, -0.2) is 70.6 Å². The maximum Gasteiger partial charge on any atom is 0.340 e. The molecule has 0 radical (unpaired) electrons. The zero-order valence-corrected chi connectivity index (χ0v) is 22.9. The lowest BCUT2D eigenvalue weighted by molar-refractivity contribution is -0.230. The molecule has 11 nitrogen and oxygen atoms in total. The second kappa shape index (κ2) is 7.69. The van der Waals surface area contributed by atoms with Crippen LogP contribution in [0.25, 0.3) is 0 Å². The standard InChI is InChI=1S/C28H34O11/c1-12(29)35-17-11-19(32)38-24(2,3)15-10-16(30)27(6)14(26(15,17)5)7-8-25(4)20(13-9-18(31)36-22(13)33)37-23(34)21-28(25,27)39-21/h9,14-15,17-18,20-21,31H,7-8,10-11H2,1-6H3/t14-,15+,17-,18+,20+,21-,25+,26-,27+,28-/m1/s1. The Bertz CT molecular complexity index is 1250. The molecule has 4 aliphatic heterocycles. The van der Waals surface area contributed by atoms with Crippen LogP contribution in [0.2, 0.25) is 0 Å². The van der Waals surface area contributed by atoms with Crippen LogP contribution in [0.5, 0.6) is 0 Å². The topological polar surface area (TPSA) is 155 Å². The van der Waals surface area contributed by atoms with Gasteiger partial charge in [-0.05, 0) is 45.6 Å². The molecular formula is C28H34O11. The third kappa shape index (κ3) is 3.03. The molecule has 2 aliphatic carbocycles. The van der Waals surface area contributed by atoms with Crippen LogP contribution in [-0.2, 0) is 47.7 Å². The highest BCUT2D eigenvalue weighted by atomic mass is 16.7. The van der Waals surface area contributed by atoms with Crippen LogP contribution in [0.15, 0.2) is 11.6 Å². The van der Waals surface area contributed by atoms with Crippen LogP contribution in [0.4, 0.5) is 0 Å². The smallest absolute Gasteiger partial charge is 0.340 e. The number of carbonyl (C=O) groups is 5. The van der Waals surface area contributed by atoms with E-state index in [1.807, 2.05) is 13.8 Å². The molecule has 39 heavy (non-hydrogen) atoms. The number of aliphatic hydroxyl groups is 1. The Morgan fingerprint density at radius 1 is 1.00 bits per heavy atom. The number of ketones is 1. The normalized spacial score (nSPS) is 49.6. The fourth-order valence-electron chi connectivity index (χ4n) is 9.42. The van der Waals surface area contributed by atoms with E-state index in [0.29, 0.717) is 12.8 Å². The SMILES string of the molecule is CC(=O)O[C@@H]1CC(=O)OC(C)(C)[C@@H]2CC(=O)[C@]3(C)[C@H](CC[C@@]4(C)[C@H](C5=C[C@@H](O)OC5=O)OC(=O)[C@H]5O[C@]543)[C@@]12C. The Morgan fingerprint density at radius 2 is 1.69 bits per heavy atom. The number of carbonyl (C=O) groups excluding carboxylic acids is 5. The predicted molar refractivity (Wildman–Crippen MR) is 128 cm³/mol. The summed E-state index contributed by atoms with van der Waals surface area (Å²) in [5, 5.41) is 9.94. The van der Waals surface area contributed by atoms with Crippen molar-refractivity contribution in [3.05, 3.63) is 11.6 Å². The number of Topliss-reactive ketones (excluding diaryl/α,β-unsaturated/α-hetero) is 1. The van der Waals surface area contributed by atoms with E-state index in [0.717, 1.165) is 0 Å². The molecule has 2 saturated carbocycles. The number of aliphatic hydroxyl groups excluding tert-OH is 1. The highest BCUT2D eigenvalue weighted by molar-refractivity contribution is 5.96. The molecule has 10 atom stereocenters. The second-order valence-corrected chi connectivity index (χ2v) is 13.1. The summed E-state index contributed by atoms with van der Waals surface area (Å²) < 4.78 is 28.6. The minimum absolute atomic E-state index is 0.0125. The maximum atomic E-state index is 14.4. The molecule has 0 aromatic rings. The summed E-state index contributed by atoms with van der Waals surface area (Å²) in [6.07, 6.45) is -2.54. The molecule has 212 valence electrons. The van der Waals surface area contributed by atoms with Crippen LogP contribution >= 0.6 is 0 Å². The number of fused-ring (bicyclic) bond motifs is 3. The van der Waals surface area contributed by atoms with Gasteiger partial charge in [-0.1, -0.05) is 13.8 Å². The Kier molecular flexibility index (Phi) is 5.21. The van der Waals surface area contributed by atoms with E-state index < -0.39 is 87.8 Å². The highest BCUT2D eigenvalue weighted by Gasteiger charge is 2.89. The van der Waals surface area contributed by atoms with Crippen LogP contribution in [0, 0.1) is 28.1 Å². The van der Waals surface area contributed by atoms with Crippen molar-refractivity contribution in [3.63, 3.8) is 0 Å². The van der Waals surface area contributed by atoms with Crippen molar-refractivity contribution in [3.8, 4) is 0 Å². The van der Waals surface area contributed by atoms with Crippen LogP contribution < -0.4 is 0 Å². The molecule has 4 heterocycles. The van der Waals surface area contributed by atoms with Crippen LogP contribution in [0.1, 0.15) is 67.2 Å². The van der Waals surface area contributed by atoms with Gasteiger partial charge in [-0.25, -0.2) is 9.59 Å². The van der Waals surface area contributed by atoms with E-state index in [4.69, 9.17) is 23.7 Å². The number of esters is 4. The molecule has 0 bridgehead atoms. The summed E-state index contributed by atoms with van der Waals surface area (Å²) >= 11 is 0. The predicted octanol–water partition coefficient (Wildman–Crippen LogP) is 1.53. The van der Waals surface area contributed by atoms with E-state index in [-0.39, 0.29) is 24.2 Å². The number of epoxide rings is 1. The molecule has 5 fully saturated rings. The number of ether oxygens (including phenoxy) is 5. The van der Waals surface area contributed by atoms with Gasteiger partial charge in [0, 0.05) is 30.1 Å². The van der Waals surface area contributed by atoms with Gasteiger partial charge in [0.15, 0.2) is 6.10 Å². The quantitative estimate of drug-likeness (QED) is 0.304. The molecule has 1 N–H and O–H groups in total. The molecule has 0 amide bonds. The summed E-state index contributed by atoms with van der Waals surface area (Å²) in [4.78, 5) is 65.4. The molecular weight excluding hydrogens is 512 g/mol. The molecule has 11 heteroatoms. The van der Waals surface area contributed by atoms with Crippen LogP contribution in [0.3, 0.4) is 0 Å². The van der Waals surface area contributed by atoms with Gasteiger partial charge in [0.1, 0.15) is 29.2 Å². The molecule has 0 unspecified atom stereocenters. The molecule has 0 aromatic heterocycles. The lowest BCUT2D eigenvalue weighted by Crippen LogP contribution is -2.74. The number of hydrogen-bond donors (Lipinski definition) is 1. The van der Waals surface area contributed by atoms with E-state index in [1.165, 1.54) is 13.0 Å². The van der Waals surface area contributed by atoms with E-state index in [2.05, 4.69) is 0 Å². The van der Waals surface area contributed by atoms with Crippen molar-refractivity contribution >= 4 is 29.7 Å². The Morgan fingerprint density at radius 3 is 2.31 bits per heavy atom. The molecule has 3 saturated heterocycles. The second-order valence-electron chi connectivity index (χ2n) is 13.1. The monoisotopic (exact) mass is 546 g/mol. The summed E-state index contributed by atoms with van der Waals surface area (Å²) in [7, 11) is 0. The van der Waals surface area contributed by atoms with Gasteiger partial charge in [0.25, 0.3) is 0 Å². The molecule has 6 rings (SSSR count). The molecule has 6 aliphatic rings. The van der Waals surface area contributed by atoms with Gasteiger partial charge in [-0.3, -0.25) is 14.4 Å². The Labute approximate surface area is 225 Å². The van der Waals surface area contributed by atoms with Gasteiger partial charge in [0.2, 0.25) is 6.29 Å². The van der Waals surface area contributed by atoms with Crippen molar-refractivity contribution in [2.45, 2.75) is 103 Å². The maximum absolute atomic E-state index is 14.4. The first-order valence-electron chi connectivity index (χ1n) is 13.5. The minimum Gasteiger partial charge on any atom is -0.461 e. The van der Waals surface area contributed by atoms with Crippen molar-refractivity contribution in [2.75, 3.05) is 0 Å². The van der Waals surface area contributed by atoms with Gasteiger partial charge in [0.05, 0.1) is 17.4 Å². The first-order chi connectivity index (χ1) is 18.0. The Hall–Kier alpha value is -2.79. The van der Waals surface area contributed by atoms with E-state index >= 15 is 0 Å². The van der Waals surface area contributed by atoms with Gasteiger partial charge in [-0.15, -0.1) is 0 Å². The lowest BCUT2D eigenvalue weighted by atomic mass is 9.37. The van der Waals surface area contributed by atoms with Gasteiger partial charge >= 0.3 is 23.9 Å². The summed E-state index contributed by atoms with van der Waals surface area (Å²) in [6.45, 7) is 10.4. The van der Waals surface area contributed by atoms with Crippen molar-refractivity contribution in [1.82, 2.24) is 0 Å². The zero-order valence-electron chi connectivity index (χ0n) is 22.9. The fourth-order valence-corrected chi connectivity index (χ4v) is 9.42. The number of cyclic esters (lactones) is 3. The largest absolute Gasteiger partial charge is 0.461 e. The van der Waals surface area contributed by atoms with Crippen molar-refractivity contribution < 1.29 is 52.8 Å². The first-order valence-corrected chi connectivity index (χ1v) is 13.5. The molecule has 0 aromatic carbocycles. The fraction of sp³-hybridized carbons (Fsp3) is 0.750. The third-order valence-corrected chi connectivity index (χ3v) is 11.0. The minimum atomic E-state index is -1.46. The average molecular weight is 547 g/mol. The van der Waals surface area contributed by atoms with E-state index in [1.54, 1.807) is 20.8 Å². The summed E-state index contributed by atoms with van der Waals surface area (Å²) in [5.41, 5.74) is -5.47. The first kappa shape index (κ1) is 26.4. The third-order valence-electron chi connectivity index (χ3n) is 11.0. The highest BCUT2D eigenvalue weighted by Crippen LogP contribution is 2.77. The van der Waals surface area contributed by atoms with Gasteiger partial charge < -0.3 is 28.8 Å². The average Bonchev–Trinajstić information content (AvgIpc) is 3.52. The lowest BCUT2D eigenvalue weighted by Gasteiger charge is -2.66. The number of hydrogen-bond acceptors (Lipinski definition) is 11. The van der Waals surface area contributed by atoms with Gasteiger partial charge in [-0.2, -0.15) is 0 Å².